The normalized spacial score (nSPS) is 13.4. The van der Waals surface area contributed by atoms with Gasteiger partial charge in [0.2, 0.25) is 0 Å². The Hall–Kier alpha value is -0.460. The molecule has 0 radical (unpaired) electrons. The first-order valence-electron chi connectivity index (χ1n) is 4.36. The Labute approximate surface area is 88.0 Å². The summed E-state index contributed by atoms with van der Waals surface area (Å²) in [6.45, 7) is 0. The molecule has 0 aromatic carbocycles. The second kappa shape index (κ2) is 6.10. The first-order chi connectivity index (χ1) is 6.81. The minimum atomic E-state index is -0.318. The number of hydrazine groups is 1. The van der Waals surface area contributed by atoms with Crippen molar-refractivity contribution in [1.82, 2.24) is 5.43 Å². The predicted molar refractivity (Wildman–Crippen MR) is 56.9 cm³/mol. The molecule has 1 rings (SSSR count). The first kappa shape index (κ1) is 11.6. The topological polar surface area (TPSA) is 56.5 Å². The van der Waals surface area contributed by atoms with Crippen LogP contribution >= 0.6 is 11.3 Å². The van der Waals surface area contributed by atoms with Crippen LogP contribution in [-0.2, 0) is 15.9 Å². The van der Waals surface area contributed by atoms with Crippen LogP contribution in [0.1, 0.15) is 4.88 Å². The summed E-state index contributed by atoms with van der Waals surface area (Å²) in [7, 11) is 3.21. The molecule has 0 aliphatic rings. The molecular formula is C9H16N2O2S. The summed E-state index contributed by atoms with van der Waals surface area (Å²) in [6, 6.07) is 4.06. The molecule has 1 unspecified atom stereocenters. The number of methoxy groups -OCH3 is 2. The van der Waals surface area contributed by atoms with Crippen molar-refractivity contribution in [3.05, 3.63) is 22.4 Å². The summed E-state index contributed by atoms with van der Waals surface area (Å²) < 4.78 is 10.3. The maximum Gasteiger partial charge on any atom is 0.173 e. The lowest BCUT2D eigenvalue weighted by Gasteiger charge is -2.23. The van der Waals surface area contributed by atoms with Gasteiger partial charge in [0.15, 0.2) is 6.29 Å². The highest BCUT2D eigenvalue weighted by molar-refractivity contribution is 7.09. The van der Waals surface area contributed by atoms with Crippen LogP contribution in [0.5, 0.6) is 0 Å². The second-order valence-corrected chi connectivity index (χ2v) is 3.93. The summed E-state index contributed by atoms with van der Waals surface area (Å²) >= 11 is 1.70. The van der Waals surface area contributed by atoms with E-state index in [9.17, 15) is 0 Å². The van der Waals surface area contributed by atoms with Crippen molar-refractivity contribution in [2.24, 2.45) is 5.84 Å². The van der Waals surface area contributed by atoms with Crippen molar-refractivity contribution in [1.29, 1.82) is 0 Å². The minimum Gasteiger partial charge on any atom is -0.354 e. The second-order valence-electron chi connectivity index (χ2n) is 2.90. The lowest BCUT2D eigenvalue weighted by atomic mass is 10.2. The molecular weight excluding hydrogens is 200 g/mol. The highest BCUT2D eigenvalue weighted by Gasteiger charge is 2.19. The van der Waals surface area contributed by atoms with Crippen LogP contribution in [0.4, 0.5) is 0 Å². The fourth-order valence-electron chi connectivity index (χ4n) is 1.30. The molecule has 1 aromatic heterocycles. The molecule has 0 saturated heterocycles. The Bertz CT molecular complexity index is 237. The molecule has 0 spiro atoms. The van der Waals surface area contributed by atoms with Gasteiger partial charge >= 0.3 is 0 Å². The minimum absolute atomic E-state index is 0.0244. The number of nitrogens with two attached hydrogens (primary N) is 1. The molecule has 0 bridgehead atoms. The highest BCUT2D eigenvalue weighted by Crippen LogP contribution is 2.13. The average molecular weight is 216 g/mol. The molecule has 0 aliphatic heterocycles. The third-order valence-electron chi connectivity index (χ3n) is 2.01. The number of hydrogen-bond donors (Lipinski definition) is 2. The number of thiophene rings is 1. The zero-order valence-corrected chi connectivity index (χ0v) is 9.21. The third kappa shape index (κ3) is 3.04. The van der Waals surface area contributed by atoms with Gasteiger partial charge in [-0.15, -0.1) is 11.3 Å². The molecule has 0 saturated carbocycles. The Balaban J connectivity index is 2.53. The van der Waals surface area contributed by atoms with Crippen LogP contribution in [0.15, 0.2) is 17.5 Å². The quantitative estimate of drug-likeness (QED) is 0.418. The zero-order valence-electron chi connectivity index (χ0n) is 8.40. The summed E-state index contributed by atoms with van der Waals surface area (Å²) in [6.07, 6.45) is 0.489. The van der Waals surface area contributed by atoms with E-state index in [1.807, 2.05) is 11.4 Å². The maximum atomic E-state index is 5.44. The third-order valence-corrected chi connectivity index (χ3v) is 2.91. The fourth-order valence-corrected chi connectivity index (χ4v) is 2.07. The van der Waals surface area contributed by atoms with E-state index in [1.165, 1.54) is 4.88 Å². The van der Waals surface area contributed by atoms with Crippen LogP contribution in [0, 0.1) is 0 Å². The Morgan fingerprint density at radius 1 is 1.50 bits per heavy atom. The zero-order chi connectivity index (χ0) is 10.4. The van der Waals surface area contributed by atoms with E-state index in [-0.39, 0.29) is 12.3 Å². The van der Waals surface area contributed by atoms with Crippen LogP contribution in [0.3, 0.4) is 0 Å². The standard InChI is InChI=1S/C9H16N2O2S/c1-12-9(13-2)8(11-10)6-7-4-3-5-14-7/h3-5,8-9,11H,6,10H2,1-2H3. The van der Waals surface area contributed by atoms with Crippen molar-refractivity contribution in [2.75, 3.05) is 14.2 Å². The van der Waals surface area contributed by atoms with Crippen molar-refractivity contribution in [3.63, 3.8) is 0 Å². The van der Waals surface area contributed by atoms with Crippen molar-refractivity contribution >= 4 is 11.3 Å². The van der Waals surface area contributed by atoms with Crippen molar-refractivity contribution in [3.8, 4) is 0 Å². The van der Waals surface area contributed by atoms with E-state index in [4.69, 9.17) is 15.3 Å². The van der Waals surface area contributed by atoms with Crippen LogP contribution in [0.2, 0.25) is 0 Å². The lowest BCUT2D eigenvalue weighted by Crippen LogP contribution is -2.47. The van der Waals surface area contributed by atoms with Gasteiger partial charge in [-0.1, -0.05) is 6.07 Å². The van der Waals surface area contributed by atoms with Crippen LogP contribution in [-0.4, -0.2) is 26.6 Å². The monoisotopic (exact) mass is 216 g/mol. The van der Waals surface area contributed by atoms with Crippen molar-refractivity contribution < 1.29 is 9.47 Å². The molecule has 1 heterocycles. The molecule has 0 aliphatic carbocycles. The molecule has 14 heavy (non-hydrogen) atoms. The molecule has 4 nitrogen and oxygen atoms in total. The Morgan fingerprint density at radius 3 is 2.64 bits per heavy atom. The van der Waals surface area contributed by atoms with Gasteiger partial charge in [-0.2, -0.15) is 0 Å². The van der Waals surface area contributed by atoms with E-state index < -0.39 is 0 Å². The number of hydrogen-bond acceptors (Lipinski definition) is 5. The first-order valence-corrected chi connectivity index (χ1v) is 5.24. The van der Waals surface area contributed by atoms with Gasteiger partial charge in [0.25, 0.3) is 0 Å². The van der Waals surface area contributed by atoms with Crippen LogP contribution < -0.4 is 11.3 Å². The van der Waals surface area contributed by atoms with Gasteiger partial charge in [-0.3, -0.25) is 11.3 Å². The number of ether oxygens (including phenoxy) is 2. The van der Waals surface area contributed by atoms with E-state index in [2.05, 4.69) is 11.5 Å². The largest absolute Gasteiger partial charge is 0.354 e. The van der Waals surface area contributed by atoms with Crippen LogP contribution in [0.25, 0.3) is 0 Å². The van der Waals surface area contributed by atoms with E-state index >= 15 is 0 Å². The molecule has 0 amide bonds. The summed E-state index contributed by atoms with van der Waals surface area (Å²) in [5, 5.41) is 2.04. The molecule has 80 valence electrons. The molecule has 1 aromatic rings. The summed E-state index contributed by atoms with van der Waals surface area (Å²) in [5.74, 6) is 5.44. The summed E-state index contributed by atoms with van der Waals surface area (Å²) in [5.41, 5.74) is 2.70. The predicted octanol–water partition coefficient (Wildman–Crippen LogP) is 0.741. The van der Waals surface area contributed by atoms with Gasteiger partial charge in [0, 0.05) is 25.5 Å². The SMILES string of the molecule is COC(OC)C(Cc1cccs1)NN. The summed E-state index contributed by atoms with van der Waals surface area (Å²) in [4.78, 5) is 1.26. The average Bonchev–Trinajstić information content (AvgIpc) is 2.70. The Kier molecular flexibility index (Phi) is 5.06. The smallest absolute Gasteiger partial charge is 0.173 e. The van der Waals surface area contributed by atoms with Crippen molar-refractivity contribution in [2.45, 2.75) is 18.8 Å². The fraction of sp³-hybridized carbons (Fsp3) is 0.556. The van der Waals surface area contributed by atoms with Gasteiger partial charge in [0.1, 0.15) is 0 Å². The van der Waals surface area contributed by atoms with E-state index in [0.717, 1.165) is 6.42 Å². The highest BCUT2D eigenvalue weighted by atomic mass is 32.1. The Morgan fingerprint density at radius 2 is 2.21 bits per heavy atom. The van der Waals surface area contributed by atoms with Gasteiger partial charge in [-0.05, 0) is 11.4 Å². The van der Waals surface area contributed by atoms with Gasteiger partial charge < -0.3 is 9.47 Å². The lowest BCUT2D eigenvalue weighted by molar-refractivity contribution is -0.122. The number of nitrogens with one attached hydrogen (secondary N) is 1. The number of rotatable bonds is 6. The van der Waals surface area contributed by atoms with E-state index in [0.29, 0.717) is 0 Å². The van der Waals surface area contributed by atoms with Gasteiger partial charge in [0.05, 0.1) is 6.04 Å². The molecule has 0 fully saturated rings. The molecule has 5 heteroatoms. The molecule has 3 N–H and O–H groups in total. The van der Waals surface area contributed by atoms with E-state index in [1.54, 1.807) is 25.6 Å². The maximum absolute atomic E-state index is 5.44. The molecule has 1 atom stereocenters. The van der Waals surface area contributed by atoms with Gasteiger partial charge in [-0.25, -0.2) is 0 Å².